The molecule has 0 saturated carbocycles. The number of carbonyl (C=O) groups is 1. The van der Waals surface area contributed by atoms with E-state index in [9.17, 15) is 4.79 Å². The maximum Gasteiger partial charge on any atom is 0.246 e. The molecule has 1 unspecified atom stereocenters. The van der Waals surface area contributed by atoms with Gasteiger partial charge in [-0.25, -0.2) is 0 Å². The number of hydrogen-bond acceptors (Lipinski definition) is 2. The first-order valence-corrected chi connectivity index (χ1v) is 3.86. The van der Waals surface area contributed by atoms with Crippen LogP contribution in [0.1, 0.15) is 11.6 Å². The monoisotopic (exact) mass is 166 g/mol. The maximum absolute atomic E-state index is 10.9. The Morgan fingerprint density at radius 1 is 1.58 bits per heavy atom. The molecule has 0 spiro atoms. The molecule has 1 aromatic rings. The van der Waals surface area contributed by atoms with Crippen LogP contribution in [0.25, 0.3) is 0 Å². The first-order chi connectivity index (χ1) is 5.86. The molecule has 2 N–H and O–H groups in total. The summed E-state index contributed by atoms with van der Waals surface area (Å²) < 4.78 is 5.09. The van der Waals surface area contributed by atoms with E-state index < -0.39 is 0 Å². The Morgan fingerprint density at radius 3 is 3.17 bits per heavy atom. The zero-order chi connectivity index (χ0) is 8.39. The van der Waals surface area contributed by atoms with Crippen LogP contribution in [0.5, 0.6) is 0 Å². The van der Waals surface area contributed by atoms with Crippen LogP contribution < -0.4 is 5.32 Å². The number of ether oxygens (including phenoxy) is 1. The van der Waals surface area contributed by atoms with Crippen LogP contribution in [-0.2, 0) is 9.53 Å². The molecule has 1 amide bonds. The van der Waals surface area contributed by atoms with Crippen molar-refractivity contribution in [3.8, 4) is 0 Å². The number of morpholine rings is 1. The van der Waals surface area contributed by atoms with Gasteiger partial charge in [-0.1, -0.05) is 0 Å². The highest BCUT2D eigenvalue weighted by Crippen LogP contribution is 2.14. The summed E-state index contributed by atoms with van der Waals surface area (Å²) in [5, 5.41) is 2.83. The van der Waals surface area contributed by atoms with Gasteiger partial charge in [0.05, 0.1) is 12.6 Å². The molecule has 0 radical (unpaired) electrons. The van der Waals surface area contributed by atoms with Crippen molar-refractivity contribution < 1.29 is 9.53 Å². The quantitative estimate of drug-likeness (QED) is 0.626. The molecule has 2 rings (SSSR count). The Balaban J connectivity index is 2.09. The highest BCUT2D eigenvalue weighted by atomic mass is 16.5. The second kappa shape index (κ2) is 2.98. The van der Waals surface area contributed by atoms with Crippen molar-refractivity contribution in [3.63, 3.8) is 0 Å². The summed E-state index contributed by atoms with van der Waals surface area (Å²) in [6.07, 6.45) is 3.69. The molecule has 1 saturated heterocycles. The third-order valence-corrected chi connectivity index (χ3v) is 1.88. The minimum absolute atomic E-state index is 0.0116. The maximum atomic E-state index is 10.9. The third-order valence-electron chi connectivity index (χ3n) is 1.88. The Labute approximate surface area is 69.9 Å². The minimum atomic E-state index is -0.0487. The lowest BCUT2D eigenvalue weighted by atomic mass is 10.1. The standard InChI is InChI=1S/C8H10N2O2/c11-8-5-12-4-7(10-8)6-1-2-9-3-6/h1-3,7,9H,4-5H2,(H,10,11). The van der Waals surface area contributed by atoms with Gasteiger partial charge in [-0.2, -0.15) is 0 Å². The van der Waals surface area contributed by atoms with Crippen LogP contribution in [0.15, 0.2) is 18.5 Å². The first-order valence-electron chi connectivity index (χ1n) is 3.86. The molecule has 12 heavy (non-hydrogen) atoms. The summed E-state index contributed by atoms with van der Waals surface area (Å²) in [6.45, 7) is 0.741. The van der Waals surface area contributed by atoms with E-state index in [1.165, 1.54) is 0 Å². The SMILES string of the molecule is O=C1COCC(c2cc[nH]c2)N1. The fourth-order valence-electron chi connectivity index (χ4n) is 1.28. The zero-order valence-corrected chi connectivity index (χ0v) is 6.54. The predicted octanol–water partition coefficient (Wildman–Crippen LogP) is 0.202. The van der Waals surface area contributed by atoms with Gasteiger partial charge < -0.3 is 15.0 Å². The molecule has 0 aliphatic carbocycles. The van der Waals surface area contributed by atoms with Gasteiger partial charge in [0.25, 0.3) is 0 Å². The van der Waals surface area contributed by atoms with Crippen molar-refractivity contribution in [1.29, 1.82) is 0 Å². The number of aromatic amines is 1. The van der Waals surface area contributed by atoms with E-state index in [0.717, 1.165) is 5.56 Å². The Kier molecular flexibility index (Phi) is 1.83. The van der Waals surface area contributed by atoms with Crippen LogP contribution in [-0.4, -0.2) is 24.1 Å². The molecule has 0 bridgehead atoms. The van der Waals surface area contributed by atoms with Crippen molar-refractivity contribution in [1.82, 2.24) is 10.3 Å². The fourth-order valence-corrected chi connectivity index (χ4v) is 1.28. The molecule has 1 aliphatic rings. The summed E-state index contributed by atoms with van der Waals surface area (Å²) in [4.78, 5) is 13.9. The van der Waals surface area contributed by atoms with Crippen LogP contribution >= 0.6 is 0 Å². The van der Waals surface area contributed by atoms with Crippen LogP contribution in [0.3, 0.4) is 0 Å². The largest absolute Gasteiger partial charge is 0.369 e. The topological polar surface area (TPSA) is 54.1 Å². The zero-order valence-electron chi connectivity index (χ0n) is 6.54. The Bertz CT molecular complexity index is 269. The van der Waals surface area contributed by atoms with E-state index >= 15 is 0 Å². The van der Waals surface area contributed by atoms with Crippen molar-refractivity contribution in [2.24, 2.45) is 0 Å². The van der Waals surface area contributed by atoms with Crippen molar-refractivity contribution >= 4 is 5.91 Å². The van der Waals surface area contributed by atoms with Gasteiger partial charge in [0.2, 0.25) is 5.91 Å². The van der Waals surface area contributed by atoms with Crippen molar-refractivity contribution in [3.05, 3.63) is 24.0 Å². The number of rotatable bonds is 1. The highest BCUT2D eigenvalue weighted by molar-refractivity contribution is 5.78. The Morgan fingerprint density at radius 2 is 2.50 bits per heavy atom. The van der Waals surface area contributed by atoms with E-state index in [1.54, 1.807) is 0 Å². The van der Waals surface area contributed by atoms with Crippen molar-refractivity contribution in [2.45, 2.75) is 6.04 Å². The molecule has 1 aromatic heterocycles. The molecule has 0 aromatic carbocycles. The lowest BCUT2D eigenvalue weighted by Crippen LogP contribution is -2.39. The average Bonchev–Trinajstić information content (AvgIpc) is 2.56. The Hall–Kier alpha value is -1.29. The number of nitrogens with one attached hydrogen (secondary N) is 2. The normalized spacial score (nSPS) is 23.7. The number of H-pyrrole nitrogens is 1. The highest BCUT2D eigenvalue weighted by Gasteiger charge is 2.19. The molecule has 4 heteroatoms. The van der Waals surface area contributed by atoms with Crippen LogP contribution in [0.4, 0.5) is 0 Å². The molecule has 1 fully saturated rings. The van der Waals surface area contributed by atoms with Gasteiger partial charge in [0.1, 0.15) is 6.61 Å². The molecular formula is C8H10N2O2. The van der Waals surface area contributed by atoms with Gasteiger partial charge >= 0.3 is 0 Å². The molecule has 1 atom stereocenters. The van der Waals surface area contributed by atoms with Gasteiger partial charge in [0, 0.05) is 12.4 Å². The number of hydrogen-bond donors (Lipinski definition) is 2. The average molecular weight is 166 g/mol. The summed E-state index contributed by atoms with van der Waals surface area (Å²) >= 11 is 0. The summed E-state index contributed by atoms with van der Waals surface area (Å²) in [6, 6.07) is 1.94. The van der Waals surface area contributed by atoms with E-state index in [0.29, 0.717) is 6.61 Å². The molecule has 2 heterocycles. The summed E-state index contributed by atoms with van der Waals surface area (Å²) in [5.74, 6) is -0.0487. The van der Waals surface area contributed by atoms with Gasteiger partial charge in [-0.05, 0) is 11.6 Å². The van der Waals surface area contributed by atoms with E-state index in [4.69, 9.17) is 4.74 Å². The number of amides is 1. The summed E-state index contributed by atoms with van der Waals surface area (Å²) in [7, 11) is 0. The second-order valence-electron chi connectivity index (χ2n) is 2.78. The second-order valence-corrected chi connectivity index (χ2v) is 2.78. The molecular weight excluding hydrogens is 156 g/mol. The lowest BCUT2D eigenvalue weighted by molar-refractivity contribution is -0.131. The van der Waals surface area contributed by atoms with Gasteiger partial charge in [0.15, 0.2) is 0 Å². The minimum Gasteiger partial charge on any atom is -0.369 e. The van der Waals surface area contributed by atoms with E-state index in [-0.39, 0.29) is 18.6 Å². The van der Waals surface area contributed by atoms with Crippen LogP contribution in [0, 0.1) is 0 Å². The third kappa shape index (κ3) is 1.33. The molecule has 64 valence electrons. The van der Waals surface area contributed by atoms with Gasteiger partial charge in [-0.3, -0.25) is 4.79 Å². The van der Waals surface area contributed by atoms with E-state index in [2.05, 4.69) is 10.3 Å². The summed E-state index contributed by atoms with van der Waals surface area (Å²) in [5.41, 5.74) is 1.06. The van der Waals surface area contributed by atoms with E-state index in [1.807, 2.05) is 18.5 Å². The lowest BCUT2D eigenvalue weighted by Gasteiger charge is -2.22. The van der Waals surface area contributed by atoms with Gasteiger partial charge in [-0.15, -0.1) is 0 Å². The molecule has 4 nitrogen and oxygen atoms in total. The first kappa shape index (κ1) is 7.36. The molecule has 1 aliphatic heterocycles. The van der Waals surface area contributed by atoms with Crippen molar-refractivity contribution in [2.75, 3.05) is 13.2 Å². The predicted molar refractivity (Wildman–Crippen MR) is 42.5 cm³/mol. The smallest absolute Gasteiger partial charge is 0.246 e. The van der Waals surface area contributed by atoms with Crippen LogP contribution in [0.2, 0.25) is 0 Å². The number of aromatic nitrogens is 1. The number of carbonyl (C=O) groups excluding carboxylic acids is 1. The fraction of sp³-hybridized carbons (Fsp3) is 0.375.